The standard InChI is InChI=1S/C20H26N4O2/c1-15(2)13-20(25)22-16-7-8-19(21-14-16)23-17-5-3-4-6-18(17)24-9-11-26-12-10-24/h3-8,14-15H,9-13H2,1-2H3,(H,21,23)(H,22,25). The van der Waals surface area contributed by atoms with Gasteiger partial charge < -0.3 is 20.3 Å². The fraction of sp³-hybridized carbons (Fsp3) is 0.400. The largest absolute Gasteiger partial charge is 0.378 e. The van der Waals surface area contributed by atoms with Gasteiger partial charge in [0.05, 0.1) is 36.5 Å². The molecule has 3 rings (SSSR count). The highest BCUT2D eigenvalue weighted by Crippen LogP contribution is 2.28. The number of aromatic nitrogens is 1. The average Bonchev–Trinajstić information content (AvgIpc) is 2.64. The Bertz CT molecular complexity index is 725. The van der Waals surface area contributed by atoms with Crippen molar-refractivity contribution >= 4 is 28.8 Å². The summed E-state index contributed by atoms with van der Waals surface area (Å²) in [5.41, 5.74) is 2.87. The van der Waals surface area contributed by atoms with Crippen LogP contribution in [0.3, 0.4) is 0 Å². The van der Waals surface area contributed by atoms with Gasteiger partial charge in [0.25, 0.3) is 0 Å². The van der Waals surface area contributed by atoms with E-state index in [9.17, 15) is 4.79 Å². The molecule has 0 atom stereocenters. The van der Waals surface area contributed by atoms with Gasteiger partial charge in [-0.05, 0) is 30.2 Å². The second-order valence-corrected chi connectivity index (χ2v) is 6.82. The molecule has 0 unspecified atom stereocenters. The van der Waals surface area contributed by atoms with Crippen LogP contribution < -0.4 is 15.5 Å². The Labute approximate surface area is 154 Å². The molecule has 1 aliphatic rings. The summed E-state index contributed by atoms with van der Waals surface area (Å²) in [4.78, 5) is 18.6. The molecule has 1 fully saturated rings. The lowest BCUT2D eigenvalue weighted by Gasteiger charge is -2.30. The number of nitrogens with one attached hydrogen (secondary N) is 2. The van der Waals surface area contributed by atoms with E-state index in [1.165, 1.54) is 0 Å². The Morgan fingerprint density at radius 1 is 1.19 bits per heavy atom. The van der Waals surface area contributed by atoms with Crippen LogP contribution in [0.1, 0.15) is 20.3 Å². The minimum absolute atomic E-state index is 0.0140. The Kier molecular flexibility index (Phi) is 6.07. The summed E-state index contributed by atoms with van der Waals surface area (Å²) < 4.78 is 5.44. The summed E-state index contributed by atoms with van der Waals surface area (Å²) in [6, 6.07) is 11.9. The Morgan fingerprint density at radius 2 is 1.96 bits per heavy atom. The normalized spacial score (nSPS) is 14.3. The van der Waals surface area contributed by atoms with Crippen molar-refractivity contribution in [2.24, 2.45) is 5.92 Å². The van der Waals surface area contributed by atoms with Gasteiger partial charge in [0.15, 0.2) is 0 Å². The Morgan fingerprint density at radius 3 is 2.65 bits per heavy atom. The van der Waals surface area contributed by atoms with Gasteiger partial charge in [-0.1, -0.05) is 26.0 Å². The van der Waals surface area contributed by atoms with E-state index in [4.69, 9.17) is 4.74 Å². The zero-order valence-corrected chi connectivity index (χ0v) is 15.4. The minimum atomic E-state index is 0.0140. The second kappa shape index (κ2) is 8.67. The predicted octanol–water partition coefficient (Wildman–Crippen LogP) is 3.65. The number of benzene rings is 1. The Hall–Kier alpha value is -2.60. The number of anilines is 4. The maximum Gasteiger partial charge on any atom is 0.224 e. The van der Waals surface area contributed by atoms with Crippen molar-refractivity contribution in [2.45, 2.75) is 20.3 Å². The Balaban J connectivity index is 1.67. The van der Waals surface area contributed by atoms with Crippen LogP contribution in [0.4, 0.5) is 22.9 Å². The number of hydrogen-bond donors (Lipinski definition) is 2. The molecule has 1 saturated heterocycles. The molecular formula is C20H26N4O2. The third kappa shape index (κ3) is 4.95. The molecule has 1 aromatic carbocycles. The predicted molar refractivity (Wildman–Crippen MR) is 105 cm³/mol. The summed E-state index contributed by atoms with van der Waals surface area (Å²) in [6.45, 7) is 7.31. The van der Waals surface area contributed by atoms with Crippen molar-refractivity contribution in [3.63, 3.8) is 0 Å². The van der Waals surface area contributed by atoms with Gasteiger partial charge in [-0.2, -0.15) is 0 Å². The number of hydrogen-bond acceptors (Lipinski definition) is 5. The van der Waals surface area contributed by atoms with Gasteiger partial charge >= 0.3 is 0 Å². The van der Waals surface area contributed by atoms with Crippen LogP contribution in [0.5, 0.6) is 0 Å². The van der Waals surface area contributed by atoms with Gasteiger partial charge in [0, 0.05) is 19.5 Å². The van der Waals surface area contributed by atoms with Crippen LogP contribution in [0.15, 0.2) is 42.6 Å². The molecule has 0 aliphatic carbocycles. The van der Waals surface area contributed by atoms with Crippen molar-refractivity contribution in [1.82, 2.24) is 4.98 Å². The highest BCUT2D eigenvalue weighted by atomic mass is 16.5. The van der Waals surface area contributed by atoms with Gasteiger partial charge in [-0.15, -0.1) is 0 Å². The highest BCUT2D eigenvalue weighted by Gasteiger charge is 2.14. The van der Waals surface area contributed by atoms with Crippen LogP contribution in [0.2, 0.25) is 0 Å². The SMILES string of the molecule is CC(C)CC(=O)Nc1ccc(Nc2ccccc2N2CCOCC2)nc1. The van der Waals surface area contributed by atoms with Crippen molar-refractivity contribution in [2.75, 3.05) is 41.8 Å². The van der Waals surface area contributed by atoms with E-state index in [-0.39, 0.29) is 5.91 Å². The van der Waals surface area contributed by atoms with E-state index in [1.54, 1.807) is 6.20 Å². The lowest BCUT2D eigenvalue weighted by Crippen LogP contribution is -2.36. The van der Waals surface area contributed by atoms with Crippen molar-refractivity contribution in [3.8, 4) is 0 Å². The molecule has 6 nitrogen and oxygen atoms in total. The smallest absolute Gasteiger partial charge is 0.224 e. The molecule has 1 aliphatic heterocycles. The van der Waals surface area contributed by atoms with Gasteiger partial charge in [0.1, 0.15) is 5.82 Å². The molecular weight excluding hydrogens is 328 g/mol. The van der Waals surface area contributed by atoms with Gasteiger partial charge in [0.2, 0.25) is 5.91 Å². The average molecular weight is 354 g/mol. The van der Waals surface area contributed by atoms with Crippen molar-refractivity contribution in [1.29, 1.82) is 0 Å². The summed E-state index contributed by atoms with van der Waals surface area (Å²) in [7, 11) is 0. The summed E-state index contributed by atoms with van der Waals surface area (Å²) in [6.07, 6.45) is 2.19. The number of carbonyl (C=O) groups is 1. The van der Waals surface area contributed by atoms with Crippen LogP contribution in [-0.2, 0) is 9.53 Å². The van der Waals surface area contributed by atoms with Crippen LogP contribution in [-0.4, -0.2) is 37.2 Å². The monoisotopic (exact) mass is 354 g/mol. The number of para-hydroxylation sites is 2. The molecule has 2 aromatic rings. The quantitative estimate of drug-likeness (QED) is 0.829. The van der Waals surface area contributed by atoms with Crippen molar-refractivity contribution < 1.29 is 9.53 Å². The topological polar surface area (TPSA) is 66.5 Å². The maximum atomic E-state index is 11.8. The van der Waals surface area contributed by atoms with E-state index in [1.807, 2.05) is 44.2 Å². The molecule has 0 bridgehead atoms. The first-order chi connectivity index (χ1) is 12.6. The lowest BCUT2D eigenvalue weighted by atomic mass is 10.1. The van der Waals surface area contributed by atoms with E-state index in [0.717, 1.165) is 43.5 Å². The van der Waals surface area contributed by atoms with Crippen LogP contribution in [0.25, 0.3) is 0 Å². The summed E-state index contributed by atoms with van der Waals surface area (Å²) in [5, 5.41) is 6.25. The maximum absolute atomic E-state index is 11.8. The van der Waals surface area contributed by atoms with Crippen LogP contribution in [0, 0.1) is 5.92 Å². The third-order valence-electron chi connectivity index (χ3n) is 4.16. The first-order valence-corrected chi connectivity index (χ1v) is 9.06. The fourth-order valence-corrected chi connectivity index (χ4v) is 2.92. The van der Waals surface area contributed by atoms with Gasteiger partial charge in [-0.25, -0.2) is 4.98 Å². The molecule has 1 amide bonds. The molecule has 26 heavy (non-hydrogen) atoms. The molecule has 6 heteroatoms. The number of rotatable bonds is 6. The zero-order chi connectivity index (χ0) is 18.4. The lowest BCUT2D eigenvalue weighted by molar-refractivity contribution is -0.116. The summed E-state index contributed by atoms with van der Waals surface area (Å²) >= 11 is 0. The highest BCUT2D eigenvalue weighted by molar-refractivity contribution is 5.90. The zero-order valence-electron chi connectivity index (χ0n) is 15.4. The van der Waals surface area contributed by atoms with E-state index in [0.29, 0.717) is 18.0 Å². The minimum Gasteiger partial charge on any atom is -0.378 e. The third-order valence-corrected chi connectivity index (χ3v) is 4.16. The van der Waals surface area contributed by atoms with E-state index >= 15 is 0 Å². The fourth-order valence-electron chi connectivity index (χ4n) is 2.92. The summed E-state index contributed by atoms with van der Waals surface area (Å²) in [5.74, 6) is 1.09. The number of carbonyl (C=O) groups excluding carboxylic acids is 1. The van der Waals surface area contributed by atoms with Gasteiger partial charge in [-0.3, -0.25) is 4.79 Å². The number of pyridine rings is 1. The van der Waals surface area contributed by atoms with Crippen LogP contribution >= 0.6 is 0 Å². The molecule has 0 spiro atoms. The molecule has 0 radical (unpaired) electrons. The number of morpholine rings is 1. The molecule has 1 aromatic heterocycles. The van der Waals surface area contributed by atoms with E-state index < -0.39 is 0 Å². The number of nitrogens with zero attached hydrogens (tertiary/aromatic N) is 2. The second-order valence-electron chi connectivity index (χ2n) is 6.82. The number of amides is 1. The molecule has 2 N–H and O–H groups in total. The van der Waals surface area contributed by atoms with Crippen molar-refractivity contribution in [3.05, 3.63) is 42.6 Å². The number of ether oxygens (including phenoxy) is 1. The molecule has 138 valence electrons. The molecule has 2 heterocycles. The molecule has 0 saturated carbocycles. The van der Waals surface area contributed by atoms with E-state index in [2.05, 4.69) is 26.6 Å². The first kappa shape index (κ1) is 18.2. The first-order valence-electron chi connectivity index (χ1n) is 9.06.